The molecule has 0 aromatic heterocycles. The molecule has 0 radical (unpaired) electrons. The number of methoxy groups -OCH3 is 1. The lowest BCUT2D eigenvalue weighted by Gasteiger charge is -2.26. The van der Waals surface area contributed by atoms with E-state index in [0.29, 0.717) is 43.1 Å². The number of carbonyl (C=O) groups is 4. The van der Waals surface area contributed by atoms with Gasteiger partial charge >= 0.3 is 0 Å². The van der Waals surface area contributed by atoms with Gasteiger partial charge in [0.25, 0.3) is 0 Å². The number of ketones is 2. The van der Waals surface area contributed by atoms with Crippen molar-refractivity contribution in [2.24, 2.45) is 11.8 Å². The molecular weight excluding hydrogens is 496 g/mol. The summed E-state index contributed by atoms with van der Waals surface area (Å²) in [7, 11) is 1.59. The highest BCUT2D eigenvalue weighted by Gasteiger charge is 2.50. The van der Waals surface area contributed by atoms with Crippen molar-refractivity contribution in [1.82, 2.24) is 10.6 Å². The summed E-state index contributed by atoms with van der Waals surface area (Å²) >= 11 is 0. The van der Waals surface area contributed by atoms with Gasteiger partial charge in [0.2, 0.25) is 11.8 Å². The van der Waals surface area contributed by atoms with Crippen molar-refractivity contribution >= 4 is 23.4 Å². The SMILES string of the molecule is COc1ccc(C[C@H](CC(=O)[C@@H](C)NC(=O)C2=CCCC2)C(=O)N[C@@H](CC2CCCC2)C(=O)[C@@]2(C)CO2)cc1. The van der Waals surface area contributed by atoms with Gasteiger partial charge in [-0.25, -0.2) is 0 Å². The fraction of sp³-hybridized carbons (Fsp3) is 0.613. The number of rotatable bonds is 14. The summed E-state index contributed by atoms with van der Waals surface area (Å²) in [6.07, 6.45) is 9.71. The normalized spacial score (nSPS) is 22.9. The Balaban J connectivity index is 1.47. The van der Waals surface area contributed by atoms with Gasteiger partial charge in [-0.3, -0.25) is 19.2 Å². The molecule has 2 fully saturated rings. The molecule has 0 spiro atoms. The smallest absolute Gasteiger partial charge is 0.247 e. The molecule has 39 heavy (non-hydrogen) atoms. The number of carbonyl (C=O) groups excluding carboxylic acids is 4. The lowest BCUT2D eigenvalue weighted by atomic mass is 9.88. The summed E-state index contributed by atoms with van der Waals surface area (Å²) in [5.41, 5.74) is 0.755. The van der Waals surface area contributed by atoms with Gasteiger partial charge in [0.15, 0.2) is 11.6 Å². The summed E-state index contributed by atoms with van der Waals surface area (Å²) in [5, 5.41) is 5.83. The summed E-state index contributed by atoms with van der Waals surface area (Å²) in [4.78, 5) is 52.8. The monoisotopic (exact) mass is 538 g/mol. The minimum Gasteiger partial charge on any atom is -0.497 e. The summed E-state index contributed by atoms with van der Waals surface area (Å²) < 4.78 is 10.7. The van der Waals surface area contributed by atoms with Crippen molar-refractivity contribution in [3.05, 3.63) is 41.5 Å². The first-order valence-electron chi connectivity index (χ1n) is 14.3. The van der Waals surface area contributed by atoms with Gasteiger partial charge in [-0.1, -0.05) is 43.9 Å². The molecule has 1 saturated heterocycles. The highest BCUT2D eigenvalue weighted by atomic mass is 16.6. The Labute approximate surface area is 231 Å². The molecule has 8 nitrogen and oxygen atoms in total. The number of allylic oxidation sites excluding steroid dienone is 1. The molecule has 2 N–H and O–H groups in total. The fourth-order valence-electron chi connectivity index (χ4n) is 5.69. The number of Topliss-reactive ketones (excluding diaryl/α,β-unsaturated/α-hetero) is 2. The average Bonchev–Trinajstić information content (AvgIpc) is 3.32. The quantitative estimate of drug-likeness (QED) is 0.348. The Bertz CT molecular complexity index is 1080. The number of amides is 2. The van der Waals surface area contributed by atoms with E-state index in [1.807, 2.05) is 30.3 Å². The van der Waals surface area contributed by atoms with E-state index in [2.05, 4.69) is 10.6 Å². The highest BCUT2D eigenvalue weighted by Crippen LogP contribution is 2.34. The first kappa shape index (κ1) is 29.0. The molecule has 1 aromatic carbocycles. The Morgan fingerprint density at radius 3 is 2.36 bits per heavy atom. The number of nitrogens with one attached hydrogen (secondary N) is 2. The zero-order chi connectivity index (χ0) is 28.0. The second kappa shape index (κ2) is 12.9. The third kappa shape index (κ3) is 7.78. The van der Waals surface area contributed by atoms with Crippen LogP contribution in [0.1, 0.15) is 77.2 Å². The summed E-state index contributed by atoms with van der Waals surface area (Å²) in [6.45, 7) is 3.80. The van der Waals surface area contributed by atoms with E-state index < -0.39 is 23.6 Å². The molecule has 0 unspecified atom stereocenters. The molecule has 1 heterocycles. The van der Waals surface area contributed by atoms with E-state index >= 15 is 0 Å². The number of hydrogen-bond donors (Lipinski definition) is 2. The summed E-state index contributed by atoms with van der Waals surface area (Å²) in [5.74, 6) is -0.449. The van der Waals surface area contributed by atoms with Gasteiger partial charge in [-0.05, 0) is 69.6 Å². The largest absolute Gasteiger partial charge is 0.497 e. The maximum Gasteiger partial charge on any atom is 0.247 e. The molecule has 8 heteroatoms. The lowest BCUT2D eigenvalue weighted by molar-refractivity contribution is -0.134. The topological polar surface area (TPSA) is 114 Å². The second-order valence-electron chi connectivity index (χ2n) is 11.6. The van der Waals surface area contributed by atoms with Crippen LogP contribution in [0.3, 0.4) is 0 Å². The van der Waals surface area contributed by atoms with Crippen LogP contribution in [0, 0.1) is 11.8 Å². The van der Waals surface area contributed by atoms with Crippen molar-refractivity contribution in [3.63, 3.8) is 0 Å². The van der Waals surface area contributed by atoms with Crippen LogP contribution in [-0.4, -0.2) is 54.8 Å². The van der Waals surface area contributed by atoms with Crippen LogP contribution >= 0.6 is 0 Å². The zero-order valence-corrected chi connectivity index (χ0v) is 23.4. The van der Waals surface area contributed by atoms with Gasteiger partial charge in [0, 0.05) is 17.9 Å². The van der Waals surface area contributed by atoms with Crippen molar-refractivity contribution in [3.8, 4) is 5.75 Å². The van der Waals surface area contributed by atoms with Gasteiger partial charge in [-0.2, -0.15) is 0 Å². The molecule has 212 valence electrons. The maximum atomic E-state index is 13.7. The first-order valence-corrected chi connectivity index (χ1v) is 14.3. The third-order valence-electron chi connectivity index (χ3n) is 8.40. The standard InChI is InChI=1S/C31H42N2O6/c1-20(32-29(36)23-10-6-7-11-23)27(34)18-24(16-22-12-14-25(38-3)15-13-22)30(37)33-26(17-21-8-4-5-9-21)28(35)31(2)19-39-31/h10,12-15,20-21,24,26H,4-9,11,16-19H2,1-3H3,(H,32,36)(H,33,37)/t20-,24-,26+,31-/m1/s1. The van der Waals surface area contributed by atoms with E-state index in [1.165, 1.54) is 0 Å². The molecule has 3 aliphatic rings. The third-order valence-corrected chi connectivity index (χ3v) is 8.40. The number of epoxide rings is 1. The van der Waals surface area contributed by atoms with Gasteiger partial charge in [0.1, 0.15) is 11.4 Å². The Morgan fingerprint density at radius 2 is 1.77 bits per heavy atom. The van der Waals surface area contributed by atoms with Gasteiger partial charge in [0.05, 0.1) is 25.8 Å². The van der Waals surface area contributed by atoms with Crippen molar-refractivity contribution < 1.29 is 28.7 Å². The fourth-order valence-corrected chi connectivity index (χ4v) is 5.69. The van der Waals surface area contributed by atoms with Crippen molar-refractivity contribution in [2.75, 3.05) is 13.7 Å². The van der Waals surface area contributed by atoms with Crippen molar-refractivity contribution in [1.29, 1.82) is 0 Å². The van der Waals surface area contributed by atoms with E-state index in [-0.39, 0.29) is 29.8 Å². The summed E-state index contributed by atoms with van der Waals surface area (Å²) in [6, 6.07) is 6.03. The molecule has 1 aromatic rings. The molecule has 4 atom stereocenters. The minimum absolute atomic E-state index is 0.0452. The number of ether oxygens (including phenoxy) is 2. The van der Waals surface area contributed by atoms with E-state index in [0.717, 1.165) is 44.1 Å². The Kier molecular flexibility index (Phi) is 9.59. The van der Waals surface area contributed by atoms with Crippen LogP contribution in [0.4, 0.5) is 0 Å². The minimum atomic E-state index is -0.842. The molecule has 1 aliphatic heterocycles. The Morgan fingerprint density at radius 1 is 1.08 bits per heavy atom. The highest BCUT2D eigenvalue weighted by molar-refractivity contribution is 5.99. The van der Waals surface area contributed by atoms with Crippen LogP contribution in [-0.2, 0) is 30.3 Å². The maximum absolute atomic E-state index is 13.7. The second-order valence-corrected chi connectivity index (χ2v) is 11.6. The van der Waals surface area contributed by atoms with Gasteiger partial charge in [-0.15, -0.1) is 0 Å². The number of hydrogen-bond acceptors (Lipinski definition) is 6. The van der Waals surface area contributed by atoms with E-state index in [9.17, 15) is 19.2 Å². The molecule has 0 bridgehead atoms. The molecule has 2 aliphatic carbocycles. The predicted molar refractivity (Wildman–Crippen MR) is 147 cm³/mol. The molecule has 1 saturated carbocycles. The van der Waals surface area contributed by atoms with Crippen LogP contribution in [0.25, 0.3) is 0 Å². The molecule has 2 amide bonds. The van der Waals surface area contributed by atoms with Crippen LogP contribution < -0.4 is 15.4 Å². The number of benzene rings is 1. The Hall–Kier alpha value is -3.00. The molecular formula is C31H42N2O6. The van der Waals surface area contributed by atoms with E-state index in [1.54, 1.807) is 21.0 Å². The van der Waals surface area contributed by atoms with Gasteiger partial charge < -0.3 is 20.1 Å². The van der Waals surface area contributed by atoms with Crippen LogP contribution in [0.5, 0.6) is 5.75 Å². The van der Waals surface area contributed by atoms with Crippen LogP contribution in [0.15, 0.2) is 35.9 Å². The lowest BCUT2D eigenvalue weighted by Crippen LogP contribution is -2.49. The predicted octanol–water partition coefficient (Wildman–Crippen LogP) is 3.85. The average molecular weight is 539 g/mol. The molecule has 4 rings (SSSR count). The zero-order valence-electron chi connectivity index (χ0n) is 23.4. The first-order chi connectivity index (χ1) is 18.7. The van der Waals surface area contributed by atoms with Crippen LogP contribution in [0.2, 0.25) is 0 Å². The van der Waals surface area contributed by atoms with E-state index in [4.69, 9.17) is 9.47 Å². The van der Waals surface area contributed by atoms with Crippen molar-refractivity contribution in [2.45, 2.75) is 95.7 Å².